The van der Waals surface area contributed by atoms with E-state index in [1.807, 2.05) is 43.3 Å². The Hall–Kier alpha value is -3.99. The molecule has 0 bridgehead atoms. The highest BCUT2D eigenvalue weighted by Gasteiger charge is 2.29. The van der Waals surface area contributed by atoms with Crippen molar-refractivity contribution in [2.45, 2.75) is 25.8 Å². The minimum absolute atomic E-state index is 0.131. The predicted octanol–water partition coefficient (Wildman–Crippen LogP) is 3.92. The standard InChI is InChI=1S/C30H30N6O/c1-21-5-6-24(18-22(21)7-10-26-20-31-29-4-3-13-32-36(26)29)30(37)33-25-9-11-27-23(19-25)8-12-28(27)35-16-14-34(2)15-17-35/h3-6,9,11,13,18-20,28H,8,12,14-17H2,1-2H3,(H,33,37). The SMILES string of the molecule is Cc1ccc(C(=O)Nc2ccc3c(c2)CCC3N2CCN(C)CC2)cc1C#Cc1cnc2cccnn12. The minimum Gasteiger partial charge on any atom is -0.322 e. The maximum Gasteiger partial charge on any atom is 0.255 e. The number of likely N-dealkylation sites (N-methyl/N-ethyl adjacent to an activating group) is 1. The first-order valence-corrected chi connectivity index (χ1v) is 12.8. The summed E-state index contributed by atoms with van der Waals surface area (Å²) in [5.41, 5.74) is 7.46. The summed E-state index contributed by atoms with van der Waals surface area (Å²) in [5, 5.41) is 7.41. The molecule has 1 N–H and O–H groups in total. The number of anilines is 1. The van der Waals surface area contributed by atoms with Crippen molar-refractivity contribution in [3.8, 4) is 11.8 Å². The van der Waals surface area contributed by atoms with Crippen LogP contribution in [0, 0.1) is 18.8 Å². The number of nitrogens with zero attached hydrogens (tertiary/aromatic N) is 5. The van der Waals surface area contributed by atoms with Crippen LogP contribution in [0.2, 0.25) is 0 Å². The van der Waals surface area contributed by atoms with Crippen LogP contribution >= 0.6 is 0 Å². The molecule has 1 fully saturated rings. The Labute approximate surface area is 217 Å². The molecule has 2 aromatic heterocycles. The molecular formula is C30H30N6O. The molecule has 2 aliphatic rings. The van der Waals surface area contributed by atoms with Crippen LogP contribution < -0.4 is 5.32 Å². The fourth-order valence-electron chi connectivity index (χ4n) is 5.33. The summed E-state index contributed by atoms with van der Waals surface area (Å²) in [7, 11) is 2.19. The van der Waals surface area contributed by atoms with Crippen molar-refractivity contribution in [2.75, 3.05) is 38.5 Å². The van der Waals surface area contributed by atoms with Gasteiger partial charge < -0.3 is 10.2 Å². The van der Waals surface area contributed by atoms with Crippen molar-refractivity contribution in [3.05, 3.63) is 94.4 Å². The first-order valence-electron chi connectivity index (χ1n) is 12.8. The van der Waals surface area contributed by atoms with Crippen molar-refractivity contribution in [1.82, 2.24) is 24.4 Å². The molecule has 1 saturated heterocycles. The van der Waals surface area contributed by atoms with Crippen LogP contribution in [0.1, 0.15) is 50.8 Å². The third-order valence-corrected chi connectivity index (χ3v) is 7.53. The number of rotatable bonds is 3. The van der Waals surface area contributed by atoms with Gasteiger partial charge in [-0.25, -0.2) is 9.50 Å². The molecule has 1 aliphatic heterocycles. The van der Waals surface area contributed by atoms with Crippen LogP contribution in [0.4, 0.5) is 5.69 Å². The summed E-state index contributed by atoms with van der Waals surface area (Å²) in [4.78, 5) is 22.5. The minimum atomic E-state index is -0.131. The van der Waals surface area contributed by atoms with E-state index in [1.54, 1.807) is 16.9 Å². The molecule has 3 heterocycles. The van der Waals surface area contributed by atoms with E-state index >= 15 is 0 Å². The zero-order chi connectivity index (χ0) is 25.4. The highest BCUT2D eigenvalue weighted by Crippen LogP contribution is 2.37. The Bertz CT molecular complexity index is 1540. The largest absolute Gasteiger partial charge is 0.322 e. The molecular weight excluding hydrogens is 460 g/mol. The van der Waals surface area contributed by atoms with E-state index in [4.69, 9.17) is 0 Å². The number of nitrogens with one attached hydrogen (secondary N) is 1. The van der Waals surface area contributed by atoms with Crippen LogP contribution in [0.25, 0.3) is 5.65 Å². The zero-order valence-corrected chi connectivity index (χ0v) is 21.2. The number of piperazine rings is 1. The number of aromatic nitrogens is 3. The highest BCUT2D eigenvalue weighted by atomic mass is 16.1. The lowest BCUT2D eigenvalue weighted by molar-refractivity contribution is 0.102. The van der Waals surface area contributed by atoms with Gasteiger partial charge in [0.1, 0.15) is 5.69 Å². The molecule has 186 valence electrons. The number of fused-ring (bicyclic) bond motifs is 2. The monoisotopic (exact) mass is 490 g/mol. The Morgan fingerprint density at radius 2 is 1.92 bits per heavy atom. The summed E-state index contributed by atoms with van der Waals surface area (Å²) >= 11 is 0. The summed E-state index contributed by atoms with van der Waals surface area (Å²) in [6.07, 6.45) is 5.63. The van der Waals surface area contributed by atoms with Crippen molar-refractivity contribution in [3.63, 3.8) is 0 Å². The molecule has 6 rings (SSSR count). The Morgan fingerprint density at radius 3 is 2.78 bits per heavy atom. The summed E-state index contributed by atoms with van der Waals surface area (Å²) < 4.78 is 1.71. The molecule has 7 nitrogen and oxygen atoms in total. The zero-order valence-electron chi connectivity index (χ0n) is 21.2. The summed E-state index contributed by atoms with van der Waals surface area (Å²) in [6, 6.07) is 16.3. The number of carbonyl (C=O) groups is 1. The van der Waals surface area contributed by atoms with Gasteiger partial charge in [0.15, 0.2) is 5.65 Å². The number of hydrogen-bond donors (Lipinski definition) is 1. The second-order valence-electron chi connectivity index (χ2n) is 9.98. The van der Waals surface area contributed by atoms with E-state index in [-0.39, 0.29) is 5.91 Å². The number of imidazole rings is 1. The average Bonchev–Trinajstić information content (AvgIpc) is 3.52. The van der Waals surface area contributed by atoms with Gasteiger partial charge in [-0.05, 0) is 85.8 Å². The van der Waals surface area contributed by atoms with E-state index in [2.05, 4.69) is 56.2 Å². The van der Waals surface area contributed by atoms with Crippen molar-refractivity contribution in [2.24, 2.45) is 0 Å². The summed E-state index contributed by atoms with van der Waals surface area (Å²) in [5.74, 6) is 6.22. The van der Waals surface area contributed by atoms with Crippen LogP contribution in [-0.2, 0) is 6.42 Å². The molecule has 37 heavy (non-hydrogen) atoms. The molecule has 0 saturated carbocycles. The second kappa shape index (κ2) is 9.81. The van der Waals surface area contributed by atoms with Gasteiger partial charge in [-0.2, -0.15) is 5.10 Å². The molecule has 1 amide bonds. The highest BCUT2D eigenvalue weighted by molar-refractivity contribution is 6.04. The molecule has 1 unspecified atom stereocenters. The number of amides is 1. The third kappa shape index (κ3) is 4.74. The maximum atomic E-state index is 13.1. The average molecular weight is 491 g/mol. The van der Waals surface area contributed by atoms with Gasteiger partial charge in [0.25, 0.3) is 5.91 Å². The Morgan fingerprint density at radius 1 is 1.05 bits per heavy atom. The van der Waals surface area contributed by atoms with E-state index in [0.717, 1.165) is 61.5 Å². The van der Waals surface area contributed by atoms with Crippen LogP contribution in [0.5, 0.6) is 0 Å². The lowest BCUT2D eigenvalue weighted by Gasteiger charge is -2.36. The number of benzene rings is 2. The molecule has 0 spiro atoms. The van der Waals surface area contributed by atoms with Crippen LogP contribution in [-0.4, -0.2) is 63.5 Å². The normalized spacial score (nSPS) is 17.8. The first-order chi connectivity index (χ1) is 18.0. The Balaban J connectivity index is 1.18. The molecule has 1 atom stereocenters. The van der Waals surface area contributed by atoms with Gasteiger partial charge in [0.2, 0.25) is 0 Å². The molecule has 2 aromatic carbocycles. The first kappa shape index (κ1) is 23.4. The van der Waals surface area contributed by atoms with E-state index in [9.17, 15) is 4.79 Å². The Kier molecular flexibility index (Phi) is 6.21. The third-order valence-electron chi connectivity index (χ3n) is 7.53. The lowest BCUT2D eigenvalue weighted by atomic mass is 10.0. The van der Waals surface area contributed by atoms with E-state index in [1.165, 1.54) is 11.1 Å². The van der Waals surface area contributed by atoms with Gasteiger partial charge in [-0.1, -0.05) is 18.1 Å². The van der Waals surface area contributed by atoms with Crippen molar-refractivity contribution in [1.29, 1.82) is 0 Å². The van der Waals surface area contributed by atoms with Crippen LogP contribution in [0.15, 0.2) is 60.9 Å². The van der Waals surface area contributed by atoms with Gasteiger partial charge in [0, 0.05) is 55.2 Å². The van der Waals surface area contributed by atoms with Crippen molar-refractivity contribution >= 4 is 17.2 Å². The van der Waals surface area contributed by atoms with Gasteiger partial charge >= 0.3 is 0 Å². The number of aryl methyl sites for hydroxylation is 2. The lowest BCUT2D eigenvalue weighted by Crippen LogP contribution is -2.45. The molecule has 1 aliphatic carbocycles. The topological polar surface area (TPSA) is 65.8 Å². The summed E-state index contributed by atoms with van der Waals surface area (Å²) in [6.45, 7) is 6.48. The van der Waals surface area contributed by atoms with Crippen LogP contribution in [0.3, 0.4) is 0 Å². The van der Waals surface area contributed by atoms with Gasteiger partial charge in [-0.15, -0.1) is 0 Å². The predicted molar refractivity (Wildman–Crippen MR) is 145 cm³/mol. The molecule has 7 heteroatoms. The van der Waals surface area contributed by atoms with Gasteiger partial charge in [-0.3, -0.25) is 9.69 Å². The second-order valence-corrected chi connectivity index (χ2v) is 9.98. The number of carbonyl (C=O) groups excluding carboxylic acids is 1. The van der Waals surface area contributed by atoms with E-state index < -0.39 is 0 Å². The fourth-order valence-corrected chi connectivity index (χ4v) is 5.33. The maximum absolute atomic E-state index is 13.1. The quantitative estimate of drug-likeness (QED) is 0.441. The van der Waals surface area contributed by atoms with Gasteiger partial charge in [0.05, 0.1) is 6.20 Å². The number of hydrogen-bond acceptors (Lipinski definition) is 5. The smallest absolute Gasteiger partial charge is 0.255 e. The molecule has 0 radical (unpaired) electrons. The molecule has 4 aromatic rings. The van der Waals surface area contributed by atoms with E-state index in [0.29, 0.717) is 17.3 Å². The fraction of sp³-hybridized carbons (Fsp3) is 0.300. The van der Waals surface area contributed by atoms with Crippen molar-refractivity contribution < 1.29 is 4.79 Å².